The van der Waals surface area contributed by atoms with Crippen molar-refractivity contribution in [1.29, 1.82) is 5.26 Å². The van der Waals surface area contributed by atoms with Gasteiger partial charge in [0.05, 0.1) is 36.0 Å². The lowest BCUT2D eigenvalue weighted by atomic mass is 9.98. The summed E-state index contributed by atoms with van der Waals surface area (Å²) in [5.41, 5.74) is 5.50. The van der Waals surface area contributed by atoms with E-state index in [1.807, 2.05) is 24.3 Å². The Labute approximate surface area is 226 Å². The molecule has 1 aromatic heterocycles. The molecule has 0 bridgehead atoms. The van der Waals surface area contributed by atoms with Gasteiger partial charge in [0.1, 0.15) is 5.69 Å². The van der Waals surface area contributed by atoms with Crippen molar-refractivity contribution in [2.75, 3.05) is 23.4 Å². The Hall–Kier alpha value is -4.74. The van der Waals surface area contributed by atoms with Crippen LogP contribution in [0.2, 0.25) is 0 Å². The SMILES string of the molecule is N#Cc1cccc(NC(=O)c2cnn3c2C(=O)N(c2ccc(-c4ccc(C5CCCCO5)cc4)cc2)CC3)c1. The fourth-order valence-corrected chi connectivity index (χ4v) is 5.21. The van der Waals surface area contributed by atoms with Crippen LogP contribution in [0.25, 0.3) is 11.1 Å². The molecule has 8 nitrogen and oxygen atoms in total. The summed E-state index contributed by atoms with van der Waals surface area (Å²) < 4.78 is 7.48. The second-order valence-electron chi connectivity index (χ2n) is 9.76. The molecule has 194 valence electrons. The minimum atomic E-state index is -0.445. The van der Waals surface area contributed by atoms with Crippen molar-refractivity contribution >= 4 is 23.2 Å². The van der Waals surface area contributed by atoms with E-state index in [0.717, 1.165) is 36.3 Å². The number of carbonyl (C=O) groups is 2. The number of hydrogen-bond acceptors (Lipinski definition) is 5. The molecule has 2 aliphatic heterocycles. The number of ether oxygens (including phenoxy) is 1. The van der Waals surface area contributed by atoms with E-state index in [2.05, 4.69) is 40.8 Å². The summed E-state index contributed by atoms with van der Waals surface area (Å²) in [7, 11) is 0. The number of hydrogen-bond donors (Lipinski definition) is 1. The summed E-state index contributed by atoms with van der Waals surface area (Å²) in [4.78, 5) is 28.2. The van der Waals surface area contributed by atoms with E-state index >= 15 is 0 Å². The van der Waals surface area contributed by atoms with Crippen molar-refractivity contribution in [1.82, 2.24) is 9.78 Å². The highest BCUT2D eigenvalue weighted by Gasteiger charge is 2.32. The van der Waals surface area contributed by atoms with E-state index in [1.54, 1.807) is 33.8 Å². The Balaban J connectivity index is 1.18. The minimum absolute atomic E-state index is 0.184. The third-order valence-electron chi connectivity index (χ3n) is 7.29. The molecule has 1 N–H and O–H groups in total. The van der Waals surface area contributed by atoms with Crippen molar-refractivity contribution in [2.45, 2.75) is 31.9 Å². The predicted octanol–water partition coefficient (Wildman–Crippen LogP) is 5.58. The van der Waals surface area contributed by atoms with Crippen LogP contribution in [0.5, 0.6) is 0 Å². The molecule has 2 aliphatic rings. The first kappa shape index (κ1) is 24.6. The first-order valence-corrected chi connectivity index (χ1v) is 13.1. The number of nitrogens with zero attached hydrogens (tertiary/aromatic N) is 4. The van der Waals surface area contributed by atoms with Gasteiger partial charge in [-0.1, -0.05) is 42.5 Å². The normalized spacial score (nSPS) is 16.8. The Morgan fingerprint density at radius 3 is 2.49 bits per heavy atom. The molecule has 0 saturated carbocycles. The molecule has 1 fully saturated rings. The van der Waals surface area contributed by atoms with Crippen molar-refractivity contribution in [3.63, 3.8) is 0 Å². The van der Waals surface area contributed by atoms with Crippen LogP contribution in [0.1, 0.15) is 57.3 Å². The summed E-state index contributed by atoms with van der Waals surface area (Å²) in [6.45, 7) is 1.76. The molecule has 39 heavy (non-hydrogen) atoms. The van der Waals surface area contributed by atoms with Gasteiger partial charge in [-0.05, 0) is 66.3 Å². The standard InChI is InChI=1S/C31H27N5O3/c32-19-21-4-3-5-25(18-21)34-30(37)27-20-33-36-16-15-35(31(38)29(27)36)26-13-11-23(12-14-26)22-7-9-24(10-8-22)28-6-1-2-17-39-28/h3-5,7-14,18,20,28H,1-2,6,15-17H2,(H,34,37). The number of benzene rings is 3. The van der Waals surface area contributed by atoms with Gasteiger partial charge >= 0.3 is 0 Å². The monoisotopic (exact) mass is 517 g/mol. The van der Waals surface area contributed by atoms with Gasteiger partial charge in [0.15, 0.2) is 0 Å². The Bertz CT molecular complexity index is 1560. The van der Waals surface area contributed by atoms with Gasteiger partial charge in [-0.3, -0.25) is 14.3 Å². The summed E-state index contributed by atoms with van der Waals surface area (Å²) in [6, 6.07) is 25.1. The van der Waals surface area contributed by atoms with Crippen molar-refractivity contribution in [3.05, 3.63) is 101 Å². The van der Waals surface area contributed by atoms with Gasteiger partial charge in [0.2, 0.25) is 0 Å². The number of nitriles is 1. The summed E-state index contributed by atoms with van der Waals surface area (Å²) in [6.07, 6.45) is 5.00. The fourth-order valence-electron chi connectivity index (χ4n) is 5.21. The zero-order valence-corrected chi connectivity index (χ0v) is 21.3. The second kappa shape index (κ2) is 10.6. The van der Waals surface area contributed by atoms with Crippen LogP contribution in [0.15, 0.2) is 79.0 Å². The lowest BCUT2D eigenvalue weighted by Crippen LogP contribution is -2.41. The largest absolute Gasteiger partial charge is 0.374 e. The van der Waals surface area contributed by atoms with Crippen molar-refractivity contribution in [2.24, 2.45) is 0 Å². The van der Waals surface area contributed by atoms with Crippen LogP contribution in [-0.2, 0) is 11.3 Å². The number of carbonyl (C=O) groups excluding carboxylic acids is 2. The molecule has 3 heterocycles. The lowest BCUT2D eigenvalue weighted by Gasteiger charge is -2.28. The van der Waals surface area contributed by atoms with Crippen LogP contribution in [0.3, 0.4) is 0 Å². The maximum absolute atomic E-state index is 13.5. The van der Waals surface area contributed by atoms with Gasteiger partial charge in [-0.25, -0.2) is 0 Å². The molecule has 0 spiro atoms. The fraction of sp³-hybridized carbons (Fsp3) is 0.226. The van der Waals surface area contributed by atoms with E-state index in [9.17, 15) is 9.59 Å². The smallest absolute Gasteiger partial charge is 0.277 e. The first-order chi connectivity index (χ1) is 19.1. The lowest BCUT2D eigenvalue weighted by molar-refractivity contribution is 0.0149. The molecule has 6 rings (SSSR count). The topological polar surface area (TPSA) is 100 Å². The quantitative estimate of drug-likeness (QED) is 0.373. The second-order valence-corrected chi connectivity index (χ2v) is 9.76. The third-order valence-corrected chi connectivity index (χ3v) is 7.29. The molecule has 0 radical (unpaired) electrons. The van der Waals surface area contributed by atoms with Gasteiger partial charge < -0.3 is 15.0 Å². The highest BCUT2D eigenvalue weighted by Crippen LogP contribution is 2.31. The Morgan fingerprint density at radius 2 is 1.77 bits per heavy atom. The van der Waals surface area contributed by atoms with Crippen molar-refractivity contribution < 1.29 is 14.3 Å². The van der Waals surface area contributed by atoms with Crippen LogP contribution in [0.4, 0.5) is 11.4 Å². The van der Waals surface area contributed by atoms with Crippen molar-refractivity contribution in [3.8, 4) is 17.2 Å². The number of nitrogens with one attached hydrogen (secondary N) is 1. The molecule has 1 atom stereocenters. The van der Waals surface area contributed by atoms with E-state index in [0.29, 0.717) is 24.3 Å². The first-order valence-electron chi connectivity index (χ1n) is 13.1. The number of aromatic nitrogens is 2. The van der Waals surface area contributed by atoms with E-state index in [1.165, 1.54) is 18.2 Å². The molecular weight excluding hydrogens is 490 g/mol. The minimum Gasteiger partial charge on any atom is -0.374 e. The number of fused-ring (bicyclic) bond motifs is 1. The molecule has 1 unspecified atom stereocenters. The molecular formula is C31H27N5O3. The summed E-state index contributed by atoms with van der Waals surface area (Å²) in [5.74, 6) is -0.724. The van der Waals surface area contributed by atoms with E-state index in [-0.39, 0.29) is 23.3 Å². The Morgan fingerprint density at radius 1 is 1.00 bits per heavy atom. The van der Waals surface area contributed by atoms with E-state index < -0.39 is 5.91 Å². The molecule has 1 saturated heterocycles. The highest BCUT2D eigenvalue weighted by atomic mass is 16.5. The molecule has 4 aromatic rings. The predicted molar refractivity (Wildman–Crippen MR) is 147 cm³/mol. The Kier molecular flexibility index (Phi) is 6.66. The van der Waals surface area contributed by atoms with Gasteiger partial charge in [0.25, 0.3) is 11.8 Å². The number of rotatable bonds is 5. The van der Waals surface area contributed by atoms with Gasteiger partial charge in [-0.15, -0.1) is 0 Å². The average molecular weight is 518 g/mol. The van der Waals surface area contributed by atoms with Crippen LogP contribution < -0.4 is 10.2 Å². The van der Waals surface area contributed by atoms with Crippen LogP contribution in [-0.4, -0.2) is 34.7 Å². The molecule has 8 heteroatoms. The number of anilines is 2. The van der Waals surface area contributed by atoms with Crippen LogP contribution in [0, 0.1) is 11.3 Å². The summed E-state index contributed by atoms with van der Waals surface area (Å²) in [5, 5.41) is 16.2. The summed E-state index contributed by atoms with van der Waals surface area (Å²) >= 11 is 0. The maximum atomic E-state index is 13.5. The molecule has 2 amide bonds. The van der Waals surface area contributed by atoms with Gasteiger partial charge in [-0.2, -0.15) is 10.4 Å². The highest BCUT2D eigenvalue weighted by molar-refractivity contribution is 6.15. The molecule has 3 aromatic carbocycles. The zero-order chi connectivity index (χ0) is 26.8. The van der Waals surface area contributed by atoms with Gasteiger partial charge in [0, 0.05) is 24.5 Å². The number of amides is 2. The maximum Gasteiger partial charge on any atom is 0.277 e. The zero-order valence-electron chi connectivity index (χ0n) is 21.3. The van der Waals surface area contributed by atoms with Crippen LogP contribution >= 0.6 is 0 Å². The molecule has 0 aliphatic carbocycles. The average Bonchev–Trinajstić information content (AvgIpc) is 3.44. The third kappa shape index (κ3) is 4.92. The van der Waals surface area contributed by atoms with E-state index in [4.69, 9.17) is 10.00 Å².